The quantitative estimate of drug-likeness (QED) is 0.810. The van der Waals surface area contributed by atoms with Crippen LogP contribution < -0.4 is 5.73 Å². The maximum Gasteiger partial charge on any atom is 0.202 e. The Kier molecular flexibility index (Phi) is 4.06. The predicted octanol–water partition coefficient (Wildman–Crippen LogP) is 0.239. The maximum atomic E-state index is 5.99. The first-order valence-electron chi connectivity index (χ1n) is 6.37. The van der Waals surface area contributed by atoms with Gasteiger partial charge in [0.25, 0.3) is 0 Å². The van der Waals surface area contributed by atoms with Crippen molar-refractivity contribution in [2.45, 2.75) is 13.5 Å². The molecule has 0 aromatic carbocycles. The van der Waals surface area contributed by atoms with E-state index in [1.807, 2.05) is 23.2 Å². The molecule has 7 nitrogen and oxygen atoms in total. The molecule has 0 bridgehead atoms. The first-order valence-corrected chi connectivity index (χ1v) is 6.37. The SMILES string of the molecule is COCCN(C)CCn1c(N)nc2c(C)nn(C)c21. The van der Waals surface area contributed by atoms with Crippen LogP contribution in [0.2, 0.25) is 0 Å². The highest BCUT2D eigenvalue weighted by molar-refractivity contribution is 5.77. The molecule has 0 fully saturated rings. The number of imidazole rings is 1. The van der Waals surface area contributed by atoms with E-state index < -0.39 is 0 Å². The smallest absolute Gasteiger partial charge is 0.202 e. The van der Waals surface area contributed by atoms with Crippen LogP contribution in [-0.2, 0) is 18.3 Å². The fourth-order valence-corrected chi connectivity index (χ4v) is 2.20. The molecule has 0 aliphatic heterocycles. The van der Waals surface area contributed by atoms with E-state index in [-0.39, 0.29) is 0 Å². The highest BCUT2D eigenvalue weighted by Gasteiger charge is 2.15. The van der Waals surface area contributed by atoms with Gasteiger partial charge in [-0.2, -0.15) is 5.10 Å². The van der Waals surface area contributed by atoms with Crippen molar-refractivity contribution >= 4 is 17.1 Å². The van der Waals surface area contributed by atoms with Gasteiger partial charge in [-0.3, -0.25) is 9.25 Å². The van der Waals surface area contributed by atoms with E-state index in [0.717, 1.165) is 43.1 Å². The van der Waals surface area contributed by atoms with Gasteiger partial charge < -0.3 is 15.4 Å². The van der Waals surface area contributed by atoms with Crippen LogP contribution in [0.5, 0.6) is 0 Å². The normalized spacial score (nSPS) is 11.8. The molecule has 0 saturated carbocycles. The average molecular weight is 266 g/mol. The summed E-state index contributed by atoms with van der Waals surface area (Å²) in [5.74, 6) is 0.547. The fraction of sp³-hybridized carbons (Fsp3) is 0.667. The molecule has 0 aliphatic carbocycles. The molecule has 2 rings (SSSR count). The number of hydrogen-bond acceptors (Lipinski definition) is 5. The molecule has 2 heterocycles. The van der Waals surface area contributed by atoms with Gasteiger partial charge >= 0.3 is 0 Å². The number of hydrogen-bond donors (Lipinski definition) is 1. The third-order valence-corrected chi connectivity index (χ3v) is 3.30. The van der Waals surface area contributed by atoms with Crippen LogP contribution in [-0.4, -0.2) is 58.1 Å². The second kappa shape index (κ2) is 5.58. The van der Waals surface area contributed by atoms with Gasteiger partial charge in [0.1, 0.15) is 5.52 Å². The summed E-state index contributed by atoms with van der Waals surface area (Å²) in [5.41, 5.74) is 8.77. The van der Waals surface area contributed by atoms with Crippen LogP contribution in [0, 0.1) is 6.92 Å². The van der Waals surface area contributed by atoms with Crippen LogP contribution in [0.15, 0.2) is 0 Å². The lowest BCUT2D eigenvalue weighted by Gasteiger charge is -2.16. The van der Waals surface area contributed by atoms with E-state index in [9.17, 15) is 0 Å². The molecule has 0 unspecified atom stereocenters. The number of nitrogen functional groups attached to an aromatic ring is 1. The summed E-state index contributed by atoms with van der Waals surface area (Å²) < 4.78 is 8.92. The summed E-state index contributed by atoms with van der Waals surface area (Å²) in [6.45, 7) is 5.27. The molecule has 2 N–H and O–H groups in total. The van der Waals surface area contributed by atoms with Crippen molar-refractivity contribution < 1.29 is 4.74 Å². The van der Waals surface area contributed by atoms with Gasteiger partial charge in [-0.05, 0) is 14.0 Å². The molecule has 2 aromatic heterocycles. The largest absolute Gasteiger partial charge is 0.383 e. The highest BCUT2D eigenvalue weighted by atomic mass is 16.5. The van der Waals surface area contributed by atoms with Crippen LogP contribution >= 0.6 is 0 Å². The zero-order chi connectivity index (χ0) is 14.0. The van der Waals surface area contributed by atoms with Crippen molar-refractivity contribution in [3.8, 4) is 0 Å². The Balaban J connectivity index is 2.14. The van der Waals surface area contributed by atoms with Gasteiger partial charge in [0.15, 0.2) is 5.65 Å². The summed E-state index contributed by atoms with van der Waals surface area (Å²) in [4.78, 5) is 6.59. The zero-order valence-electron chi connectivity index (χ0n) is 12.1. The minimum atomic E-state index is 0.547. The number of rotatable bonds is 6. The standard InChI is InChI=1S/C12H22N6O/c1-9-10-11(17(3)15-9)18(12(13)14-10)6-5-16(2)7-8-19-4/h5-8H2,1-4H3,(H2,13,14). The van der Waals surface area contributed by atoms with Gasteiger partial charge in [-0.25, -0.2) is 4.98 Å². The minimum Gasteiger partial charge on any atom is -0.383 e. The Hall–Kier alpha value is -1.60. The Morgan fingerprint density at radius 2 is 2.11 bits per heavy atom. The second-order valence-electron chi connectivity index (χ2n) is 4.80. The van der Waals surface area contributed by atoms with Gasteiger partial charge in [0.2, 0.25) is 5.95 Å². The Bertz CT molecular complexity index is 558. The molecular formula is C12H22N6O. The summed E-state index contributed by atoms with van der Waals surface area (Å²) >= 11 is 0. The zero-order valence-corrected chi connectivity index (χ0v) is 12.1. The number of nitrogens with zero attached hydrogens (tertiary/aromatic N) is 5. The highest BCUT2D eigenvalue weighted by Crippen LogP contribution is 2.19. The maximum absolute atomic E-state index is 5.99. The van der Waals surface area contributed by atoms with E-state index >= 15 is 0 Å². The molecule has 0 atom stereocenters. The summed E-state index contributed by atoms with van der Waals surface area (Å²) in [7, 11) is 5.70. The molecule has 0 saturated heterocycles. The Morgan fingerprint density at radius 1 is 1.37 bits per heavy atom. The average Bonchev–Trinajstić information content (AvgIpc) is 2.83. The fourth-order valence-electron chi connectivity index (χ4n) is 2.20. The summed E-state index contributed by atoms with van der Waals surface area (Å²) in [6, 6.07) is 0. The number of fused-ring (bicyclic) bond motifs is 1. The van der Waals surface area contributed by atoms with Crippen LogP contribution in [0.4, 0.5) is 5.95 Å². The second-order valence-corrected chi connectivity index (χ2v) is 4.80. The van der Waals surface area contributed by atoms with Crippen molar-refractivity contribution in [3.05, 3.63) is 5.69 Å². The van der Waals surface area contributed by atoms with Gasteiger partial charge in [0.05, 0.1) is 12.3 Å². The topological polar surface area (TPSA) is 74.1 Å². The number of aromatic nitrogens is 4. The van der Waals surface area contributed by atoms with Crippen molar-refractivity contribution in [1.82, 2.24) is 24.2 Å². The summed E-state index contributed by atoms with van der Waals surface area (Å²) in [5, 5.41) is 4.37. The minimum absolute atomic E-state index is 0.547. The first-order chi connectivity index (χ1) is 9.04. The van der Waals surface area contributed by atoms with Crippen molar-refractivity contribution in [1.29, 1.82) is 0 Å². The lowest BCUT2D eigenvalue weighted by atomic mass is 10.4. The Morgan fingerprint density at radius 3 is 2.79 bits per heavy atom. The molecule has 7 heteroatoms. The Labute approximate surface area is 112 Å². The lowest BCUT2D eigenvalue weighted by molar-refractivity contribution is 0.159. The van der Waals surface area contributed by atoms with Gasteiger partial charge in [-0.1, -0.05) is 0 Å². The number of nitrogens with two attached hydrogens (primary N) is 1. The number of likely N-dealkylation sites (N-methyl/N-ethyl adjacent to an activating group) is 1. The molecule has 0 spiro atoms. The number of aryl methyl sites for hydroxylation is 2. The predicted molar refractivity (Wildman–Crippen MR) is 75.0 cm³/mol. The van der Waals surface area contributed by atoms with Crippen molar-refractivity contribution in [3.63, 3.8) is 0 Å². The number of anilines is 1. The number of ether oxygens (including phenoxy) is 1. The molecule has 0 radical (unpaired) electrons. The third kappa shape index (κ3) is 2.71. The van der Waals surface area contributed by atoms with Crippen molar-refractivity contribution in [2.75, 3.05) is 39.6 Å². The monoisotopic (exact) mass is 266 g/mol. The van der Waals surface area contributed by atoms with Crippen LogP contribution in [0.1, 0.15) is 5.69 Å². The van der Waals surface area contributed by atoms with Crippen molar-refractivity contribution in [2.24, 2.45) is 7.05 Å². The molecule has 106 valence electrons. The molecule has 19 heavy (non-hydrogen) atoms. The van der Waals surface area contributed by atoms with E-state index in [1.54, 1.807) is 7.11 Å². The molecule has 0 aliphatic rings. The van der Waals surface area contributed by atoms with Gasteiger partial charge in [0, 0.05) is 33.8 Å². The third-order valence-electron chi connectivity index (χ3n) is 3.30. The molecular weight excluding hydrogens is 244 g/mol. The first kappa shape index (κ1) is 13.8. The van der Waals surface area contributed by atoms with E-state index in [1.165, 1.54) is 0 Å². The van der Waals surface area contributed by atoms with E-state index in [0.29, 0.717) is 5.95 Å². The number of methoxy groups -OCH3 is 1. The van der Waals surface area contributed by atoms with E-state index in [4.69, 9.17) is 10.5 Å². The summed E-state index contributed by atoms with van der Waals surface area (Å²) in [6.07, 6.45) is 0. The van der Waals surface area contributed by atoms with Crippen LogP contribution in [0.25, 0.3) is 11.2 Å². The van der Waals surface area contributed by atoms with Crippen LogP contribution in [0.3, 0.4) is 0 Å². The van der Waals surface area contributed by atoms with Gasteiger partial charge in [-0.15, -0.1) is 0 Å². The molecule has 0 amide bonds. The molecule has 2 aromatic rings. The lowest BCUT2D eigenvalue weighted by Crippen LogP contribution is -2.27. The van der Waals surface area contributed by atoms with E-state index in [2.05, 4.69) is 22.0 Å².